The summed E-state index contributed by atoms with van der Waals surface area (Å²) in [5.41, 5.74) is 7.37. The van der Waals surface area contributed by atoms with E-state index in [4.69, 9.17) is 0 Å². The zero-order chi connectivity index (χ0) is 10.7. The van der Waals surface area contributed by atoms with Crippen LogP contribution < -0.4 is 16.2 Å². The quantitative estimate of drug-likeness (QED) is 0.583. The fourth-order valence-corrected chi connectivity index (χ4v) is 1.79. The summed E-state index contributed by atoms with van der Waals surface area (Å²) in [4.78, 5) is 0. The average molecular weight is 207 g/mol. The topological polar surface area (TPSA) is 56.3 Å². The monoisotopic (exact) mass is 207 g/mol. The SMILES string of the molecule is CC(NC1CNNC1)c1ccc(O)cc1. The second kappa shape index (κ2) is 4.61. The van der Waals surface area contributed by atoms with Crippen molar-refractivity contribution in [1.82, 2.24) is 16.2 Å². The molecule has 82 valence electrons. The molecule has 4 heteroatoms. The maximum Gasteiger partial charge on any atom is 0.115 e. The molecule has 0 radical (unpaired) electrons. The van der Waals surface area contributed by atoms with Gasteiger partial charge in [0.05, 0.1) is 0 Å². The molecule has 2 rings (SSSR count). The minimum absolute atomic E-state index is 0.303. The van der Waals surface area contributed by atoms with Crippen molar-refractivity contribution in [3.8, 4) is 5.75 Å². The third-order valence-corrected chi connectivity index (χ3v) is 2.70. The molecule has 15 heavy (non-hydrogen) atoms. The van der Waals surface area contributed by atoms with Crippen molar-refractivity contribution in [2.24, 2.45) is 0 Å². The molecule has 4 nitrogen and oxygen atoms in total. The first-order valence-electron chi connectivity index (χ1n) is 5.26. The zero-order valence-electron chi connectivity index (χ0n) is 8.83. The molecule has 1 heterocycles. The number of phenolic OH excluding ortho intramolecular Hbond substituents is 1. The Morgan fingerprint density at radius 1 is 1.27 bits per heavy atom. The lowest BCUT2D eigenvalue weighted by Crippen LogP contribution is -2.35. The molecule has 4 N–H and O–H groups in total. The first-order valence-corrected chi connectivity index (χ1v) is 5.26. The van der Waals surface area contributed by atoms with E-state index < -0.39 is 0 Å². The van der Waals surface area contributed by atoms with Crippen molar-refractivity contribution < 1.29 is 5.11 Å². The zero-order valence-corrected chi connectivity index (χ0v) is 8.83. The van der Waals surface area contributed by atoms with E-state index in [1.165, 1.54) is 5.56 Å². The molecule has 0 amide bonds. The maximum absolute atomic E-state index is 9.18. The van der Waals surface area contributed by atoms with Gasteiger partial charge >= 0.3 is 0 Å². The number of hydrogen-bond donors (Lipinski definition) is 4. The summed E-state index contributed by atoms with van der Waals surface area (Å²) in [6, 6.07) is 8.11. The van der Waals surface area contributed by atoms with Crippen LogP contribution in [0.2, 0.25) is 0 Å². The molecule has 0 aromatic heterocycles. The van der Waals surface area contributed by atoms with Crippen LogP contribution in [0.4, 0.5) is 0 Å². The Labute approximate surface area is 89.7 Å². The van der Waals surface area contributed by atoms with E-state index in [1.54, 1.807) is 12.1 Å². The number of nitrogens with one attached hydrogen (secondary N) is 3. The molecule has 0 spiro atoms. The third-order valence-electron chi connectivity index (χ3n) is 2.70. The number of hydrazine groups is 1. The van der Waals surface area contributed by atoms with Crippen molar-refractivity contribution in [1.29, 1.82) is 0 Å². The second-order valence-electron chi connectivity index (χ2n) is 3.94. The summed E-state index contributed by atoms with van der Waals surface area (Å²) in [6.07, 6.45) is 0. The molecule has 1 atom stereocenters. The van der Waals surface area contributed by atoms with Crippen LogP contribution in [0.1, 0.15) is 18.5 Å². The van der Waals surface area contributed by atoms with Crippen LogP contribution in [0.25, 0.3) is 0 Å². The van der Waals surface area contributed by atoms with Crippen LogP contribution in [0.15, 0.2) is 24.3 Å². The van der Waals surface area contributed by atoms with Crippen LogP contribution in [0.3, 0.4) is 0 Å². The Balaban J connectivity index is 1.94. The molecule has 0 saturated carbocycles. The molecule has 1 aliphatic heterocycles. The Morgan fingerprint density at radius 3 is 2.47 bits per heavy atom. The summed E-state index contributed by atoms with van der Waals surface area (Å²) in [5, 5.41) is 12.7. The van der Waals surface area contributed by atoms with Crippen molar-refractivity contribution in [3.05, 3.63) is 29.8 Å². The van der Waals surface area contributed by atoms with E-state index >= 15 is 0 Å². The summed E-state index contributed by atoms with van der Waals surface area (Å²) in [7, 11) is 0. The molecule has 1 aromatic rings. The molecule has 0 bridgehead atoms. The van der Waals surface area contributed by atoms with Gasteiger partial charge < -0.3 is 10.4 Å². The molecule has 1 unspecified atom stereocenters. The van der Waals surface area contributed by atoms with Crippen LogP contribution >= 0.6 is 0 Å². The van der Waals surface area contributed by atoms with Crippen LogP contribution in [0, 0.1) is 0 Å². The minimum atomic E-state index is 0.303. The highest BCUT2D eigenvalue weighted by atomic mass is 16.3. The van der Waals surface area contributed by atoms with E-state index in [9.17, 15) is 5.11 Å². The number of hydrogen-bond acceptors (Lipinski definition) is 4. The standard InChI is InChI=1S/C11H17N3O/c1-8(14-10-6-12-13-7-10)9-2-4-11(15)5-3-9/h2-5,8,10,12-15H,6-7H2,1H3. The van der Waals surface area contributed by atoms with Gasteiger partial charge in [-0.15, -0.1) is 0 Å². The molecule has 0 aliphatic carbocycles. The normalized spacial score (nSPS) is 19.3. The van der Waals surface area contributed by atoms with Crippen molar-refractivity contribution >= 4 is 0 Å². The largest absolute Gasteiger partial charge is 0.508 e. The number of phenols is 1. The molecule has 1 fully saturated rings. The minimum Gasteiger partial charge on any atom is -0.508 e. The maximum atomic E-state index is 9.18. The van der Waals surface area contributed by atoms with Gasteiger partial charge in [-0.1, -0.05) is 12.1 Å². The van der Waals surface area contributed by atoms with Gasteiger partial charge in [-0.05, 0) is 24.6 Å². The fourth-order valence-electron chi connectivity index (χ4n) is 1.79. The summed E-state index contributed by atoms with van der Waals surface area (Å²) in [6.45, 7) is 4.02. The van der Waals surface area contributed by atoms with E-state index in [2.05, 4.69) is 23.1 Å². The first-order chi connectivity index (χ1) is 7.25. The van der Waals surface area contributed by atoms with Gasteiger partial charge in [0.2, 0.25) is 0 Å². The third kappa shape index (κ3) is 2.68. The van der Waals surface area contributed by atoms with Gasteiger partial charge in [0.15, 0.2) is 0 Å². The lowest BCUT2D eigenvalue weighted by atomic mass is 10.1. The summed E-state index contributed by atoms with van der Waals surface area (Å²) < 4.78 is 0. The fraction of sp³-hybridized carbons (Fsp3) is 0.455. The molecule has 1 saturated heterocycles. The van der Waals surface area contributed by atoms with Gasteiger partial charge in [0.25, 0.3) is 0 Å². The predicted molar refractivity (Wildman–Crippen MR) is 59.5 cm³/mol. The van der Waals surface area contributed by atoms with E-state index in [-0.39, 0.29) is 0 Å². The van der Waals surface area contributed by atoms with Gasteiger partial charge in [-0.25, -0.2) is 0 Å². The van der Waals surface area contributed by atoms with E-state index in [0.717, 1.165) is 13.1 Å². The highest BCUT2D eigenvalue weighted by Crippen LogP contribution is 2.16. The summed E-state index contributed by atoms with van der Waals surface area (Å²) in [5.74, 6) is 0.315. The van der Waals surface area contributed by atoms with E-state index in [0.29, 0.717) is 17.8 Å². The number of benzene rings is 1. The molecular formula is C11H17N3O. The smallest absolute Gasteiger partial charge is 0.115 e. The highest BCUT2D eigenvalue weighted by molar-refractivity contribution is 5.27. The highest BCUT2D eigenvalue weighted by Gasteiger charge is 2.16. The molecule has 1 aliphatic rings. The van der Waals surface area contributed by atoms with Gasteiger partial charge in [0.1, 0.15) is 5.75 Å². The van der Waals surface area contributed by atoms with Crippen molar-refractivity contribution in [2.45, 2.75) is 19.0 Å². The van der Waals surface area contributed by atoms with Crippen molar-refractivity contribution in [3.63, 3.8) is 0 Å². The second-order valence-corrected chi connectivity index (χ2v) is 3.94. The number of rotatable bonds is 3. The molecule has 1 aromatic carbocycles. The average Bonchev–Trinajstić information content (AvgIpc) is 2.71. The Hall–Kier alpha value is -1.10. The Kier molecular flexibility index (Phi) is 3.20. The van der Waals surface area contributed by atoms with Crippen LogP contribution in [-0.2, 0) is 0 Å². The predicted octanol–water partition coefficient (Wildman–Crippen LogP) is 0.519. The Bertz CT molecular complexity index is 306. The van der Waals surface area contributed by atoms with Crippen LogP contribution in [0.5, 0.6) is 5.75 Å². The lowest BCUT2D eigenvalue weighted by molar-refractivity contribution is 0.472. The first kappa shape index (κ1) is 10.4. The molecular weight excluding hydrogens is 190 g/mol. The van der Waals surface area contributed by atoms with Gasteiger partial charge in [0, 0.05) is 25.2 Å². The Morgan fingerprint density at radius 2 is 1.87 bits per heavy atom. The number of aromatic hydroxyl groups is 1. The summed E-state index contributed by atoms with van der Waals surface area (Å²) >= 11 is 0. The van der Waals surface area contributed by atoms with Crippen molar-refractivity contribution in [2.75, 3.05) is 13.1 Å². The van der Waals surface area contributed by atoms with Gasteiger partial charge in [-0.3, -0.25) is 10.9 Å². The van der Waals surface area contributed by atoms with E-state index in [1.807, 2.05) is 12.1 Å². The lowest BCUT2D eigenvalue weighted by Gasteiger charge is -2.18. The van der Waals surface area contributed by atoms with Gasteiger partial charge in [-0.2, -0.15) is 0 Å². The van der Waals surface area contributed by atoms with Crippen LogP contribution in [-0.4, -0.2) is 24.2 Å².